The largest absolute Gasteiger partial charge is 0.326 e. The van der Waals surface area contributed by atoms with E-state index < -0.39 is 11.6 Å². The first kappa shape index (κ1) is 15.2. The highest BCUT2D eigenvalue weighted by molar-refractivity contribution is 5.57. The average Bonchev–Trinajstić information content (AvgIpc) is 2.97. The number of nitrogens with zero attached hydrogens (tertiary/aromatic N) is 3. The molecule has 1 aliphatic heterocycles. The molecule has 118 valence electrons. The van der Waals surface area contributed by atoms with E-state index in [4.69, 9.17) is 0 Å². The van der Waals surface area contributed by atoms with Crippen molar-refractivity contribution < 1.29 is 8.78 Å². The van der Waals surface area contributed by atoms with Crippen molar-refractivity contribution in [2.24, 2.45) is 0 Å². The number of piperidine rings is 1. The second kappa shape index (κ2) is 6.57. The highest BCUT2D eigenvalue weighted by Crippen LogP contribution is 2.30. The molecule has 1 saturated heterocycles. The number of aromatic nitrogens is 2. The maximum atomic E-state index is 14.1. The third-order valence-corrected chi connectivity index (χ3v) is 4.27. The van der Waals surface area contributed by atoms with Crippen LogP contribution < -0.4 is 0 Å². The summed E-state index contributed by atoms with van der Waals surface area (Å²) in [4.78, 5) is 6.63. The van der Waals surface area contributed by atoms with E-state index in [9.17, 15) is 8.78 Å². The van der Waals surface area contributed by atoms with Crippen molar-refractivity contribution in [3.05, 3.63) is 42.2 Å². The summed E-state index contributed by atoms with van der Waals surface area (Å²) >= 11 is 0. The first-order valence-electron chi connectivity index (χ1n) is 7.90. The van der Waals surface area contributed by atoms with Gasteiger partial charge in [-0.3, -0.25) is 0 Å². The Balaban J connectivity index is 1.92. The highest BCUT2D eigenvalue weighted by Gasteiger charge is 2.24. The Bertz CT molecular complexity index is 616. The van der Waals surface area contributed by atoms with Gasteiger partial charge in [-0.15, -0.1) is 0 Å². The normalized spacial score (nSPS) is 19.5. The van der Waals surface area contributed by atoms with E-state index in [1.807, 2.05) is 10.8 Å². The summed E-state index contributed by atoms with van der Waals surface area (Å²) in [5.41, 5.74) is -0.0277. The Hall–Kier alpha value is -1.75. The van der Waals surface area contributed by atoms with Crippen LogP contribution in [-0.2, 0) is 0 Å². The van der Waals surface area contributed by atoms with Gasteiger partial charge < -0.3 is 9.47 Å². The van der Waals surface area contributed by atoms with Gasteiger partial charge in [0.2, 0.25) is 0 Å². The number of benzene rings is 1. The zero-order chi connectivity index (χ0) is 15.5. The highest BCUT2D eigenvalue weighted by atomic mass is 19.1. The maximum absolute atomic E-state index is 14.1. The van der Waals surface area contributed by atoms with Gasteiger partial charge >= 0.3 is 0 Å². The van der Waals surface area contributed by atoms with Crippen LogP contribution in [0.1, 0.15) is 32.2 Å². The Morgan fingerprint density at radius 1 is 1.27 bits per heavy atom. The minimum Gasteiger partial charge on any atom is -0.326 e. The lowest BCUT2D eigenvalue weighted by Gasteiger charge is -2.33. The topological polar surface area (TPSA) is 21.1 Å². The number of likely N-dealkylation sites (tertiary alicyclic amines) is 1. The van der Waals surface area contributed by atoms with E-state index in [-0.39, 0.29) is 11.6 Å². The molecular formula is C17H21F2N3. The Morgan fingerprint density at radius 3 is 2.77 bits per heavy atom. The molecule has 0 bridgehead atoms. The van der Waals surface area contributed by atoms with Crippen molar-refractivity contribution in [2.75, 3.05) is 19.6 Å². The van der Waals surface area contributed by atoms with Gasteiger partial charge in [0.25, 0.3) is 0 Å². The summed E-state index contributed by atoms with van der Waals surface area (Å²) in [6.45, 7) is 5.24. The SMILES string of the molecule is CCCN1CCCC(n2ccnc2-c2c(F)cccc2F)C1. The summed E-state index contributed by atoms with van der Waals surface area (Å²) in [7, 11) is 0. The molecule has 3 rings (SSSR count). The van der Waals surface area contributed by atoms with Crippen LogP contribution in [0.2, 0.25) is 0 Å². The van der Waals surface area contributed by atoms with Crippen LogP contribution in [0.25, 0.3) is 11.4 Å². The number of imidazole rings is 1. The summed E-state index contributed by atoms with van der Waals surface area (Å²) in [5.74, 6) is -0.735. The van der Waals surface area contributed by atoms with Gasteiger partial charge in [0, 0.05) is 25.0 Å². The van der Waals surface area contributed by atoms with Crippen LogP contribution in [0.15, 0.2) is 30.6 Å². The summed E-state index contributed by atoms with van der Waals surface area (Å²) in [5, 5.41) is 0. The second-order valence-electron chi connectivity index (χ2n) is 5.85. The van der Waals surface area contributed by atoms with Gasteiger partial charge in [-0.05, 0) is 44.5 Å². The van der Waals surface area contributed by atoms with Crippen LogP contribution in [0.3, 0.4) is 0 Å². The van der Waals surface area contributed by atoms with E-state index >= 15 is 0 Å². The number of halogens is 2. The zero-order valence-corrected chi connectivity index (χ0v) is 12.8. The molecule has 0 aliphatic carbocycles. The molecule has 1 aliphatic rings. The smallest absolute Gasteiger partial charge is 0.146 e. The van der Waals surface area contributed by atoms with Gasteiger partial charge in [0.1, 0.15) is 17.5 Å². The van der Waals surface area contributed by atoms with Gasteiger partial charge in [-0.2, -0.15) is 0 Å². The van der Waals surface area contributed by atoms with Crippen molar-refractivity contribution in [2.45, 2.75) is 32.2 Å². The fraction of sp³-hybridized carbons (Fsp3) is 0.471. The lowest BCUT2D eigenvalue weighted by molar-refractivity contribution is 0.178. The van der Waals surface area contributed by atoms with Crippen LogP contribution in [-0.4, -0.2) is 34.1 Å². The van der Waals surface area contributed by atoms with E-state index in [2.05, 4.69) is 16.8 Å². The van der Waals surface area contributed by atoms with Crippen molar-refractivity contribution in [1.29, 1.82) is 0 Å². The molecule has 2 aromatic rings. The van der Waals surface area contributed by atoms with E-state index in [0.29, 0.717) is 5.82 Å². The van der Waals surface area contributed by atoms with Crippen molar-refractivity contribution in [1.82, 2.24) is 14.5 Å². The molecule has 3 nitrogen and oxygen atoms in total. The molecule has 5 heteroatoms. The van der Waals surface area contributed by atoms with E-state index in [1.54, 1.807) is 6.20 Å². The van der Waals surface area contributed by atoms with Gasteiger partial charge in [-0.25, -0.2) is 13.8 Å². The van der Waals surface area contributed by atoms with Crippen molar-refractivity contribution in [3.8, 4) is 11.4 Å². The molecule has 1 atom stereocenters. The first-order valence-corrected chi connectivity index (χ1v) is 7.90. The van der Waals surface area contributed by atoms with Crippen LogP contribution in [0, 0.1) is 11.6 Å². The number of hydrogen-bond acceptors (Lipinski definition) is 2. The molecule has 0 spiro atoms. The third kappa shape index (κ3) is 2.90. The molecular weight excluding hydrogens is 284 g/mol. The average molecular weight is 305 g/mol. The van der Waals surface area contributed by atoms with E-state index in [1.165, 1.54) is 18.2 Å². The molecule has 0 amide bonds. The molecule has 2 heterocycles. The van der Waals surface area contributed by atoms with E-state index in [0.717, 1.165) is 38.9 Å². The fourth-order valence-corrected chi connectivity index (χ4v) is 3.29. The van der Waals surface area contributed by atoms with Gasteiger partial charge in [-0.1, -0.05) is 13.0 Å². The first-order chi connectivity index (χ1) is 10.7. The lowest BCUT2D eigenvalue weighted by Crippen LogP contribution is -2.37. The van der Waals surface area contributed by atoms with Crippen molar-refractivity contribution in [3.63, 3.8) is 0 Å². The number of rotatable bonds is 4. The quantitative estimate of drug-likeness (QED) is 0.855. The second-order valence-corrected chi connectivity index (χ2v) is 5.85. The summed E-state index contributed by atoms with van der Waals surface area (Å²) < 4.78 is 30.0. The lowest BCUT2D eigenvalue weighted by atomic mass is 10.0. The monoisotopic (exact) mass is 305 g/mol. The fourth-order valence-electron chi connectivity index (χ4n) is 3.29. The minimum absolute atomic E-state index is 0.0277. The maximum Gasteiger partial charge on any atom is 0.146 e. The number of hydrogen-bond donors (Lipinski definition) is 0. The molecule has 1 aromatic heterocycles. The van der Waals surface area contributed by atoms with Crippen LogP contribution in [0.5, 0.6) is 0 Å². The molecule has 1 aromatic carbocycles. The molecule has 22 heavy (non-hydrogen) atoms. The standard InChI is InChI=1S/C17H21F2N3/c1-2-9-21-10-4-5-13(12-21)22-11-8-20-17(22)16-14(18)6-3-7-15(16)19/h3,6-8,11,13H,2,4-5,9-10,12H2,1H3. The third-order valence-electron chi connectivity index (χ3n) is 4.27. The predicted octanol–water partition coefficient (Wildman–Crippen LogP) is 3.88. The van der Waals surface area contributed by atoms with Gasteiger partial charge in [0.05, 0.1) is 5.56 Å². The summed E-state index contributed by atoms with van der Waals surface area (Å²) in [6, 6.07) is 4.16. The van der Waals surface area contributed by atoms with Crippen LogP contribution >= 0.6 is 0 Å². The predicted molar refractivity (Wildman–Crippen MR) is 82.6 cm³/mol. The minimum atomic E-state index is -0.561. The van der Waals surface area contributed by atoms with Crippen LogP contribution in [0.4, 0.5) is 8.78 Å². The van der Waals surface area contributed by atoms with Gasteiger partial charge in [0.15, 0.2) is 0 Å². The molecule has 1 fully saturated rings. The van der Waals surface area contributed by atoms with Crippen molar-refractivity contribution >= 4 is 0 Å². The Labute approximate surface area is 129 Å². The summed E-state index contributed by atoms with van der Waals surface area (Å²) in [6.07, 6.45) is 6.69. The molecule has 0 saturated carbocycles. The zero-order valence-electron chi connectivity index (χ0n) is 12.8. The Kier molecular flexibility index (Phi) is 4.52. The Morgan fingerprint density at radius 2 is 2.05 bits per heavy atom. The molecule has 1 unspecified atom stereocenters. The molecule has 0 N–H and O–H groups in total. The molecule has 0 radical (unpaired) electrons.